The average Bonchev–Trinajstić information content (AvgIpc) is 2.47. The second-order valence-electron chi connectivity index (χ2n) is 4.39. The van der Waals surface area contributed by atoms with Crippen LogP contribution in [0, 0.1) is 0 Å². The Morgan fingerprint density at radius 2 is 1.91 bits per heavy atom. The highest BCUT2D eigenvalue weighted by atomic mass is 35.5. The van der Waals surface area contributed by atoms with Crippen molar-refractivity contribution >= 4 is 46.8 Å². The summed E-state index contributed by atoms with van der Waals surface area (Å²) < 4.78 is 49.3. The highest BCUT2D eigenvalue weighted by Gasteiger charge is 2.49. The molecular formula is C13H8Cl3F3O4. The van der Waals surface area contributed by atoms with Crippen molar-refractivity contribution in [3.63, 3.8) is 0 Å². The zero-order chi connectivity index (χ0) is 17.5. The molecule has 1 aromatic carbocycles. The quantitative estimate of drug-likeness (QED) is 0.749. The van der Waals surface area contributed by atoms with Gasteiger partial charge < -0.3 is 14.6 Å². The summed E-state index contributed by atoms with van der Waals surface area (Å²) in [6.07, 6.45) is -6.88. The molecular weight excluding hydrogens is 383 g/mol. The first-order chi connectivity index (χ1) is 10.6. The van der Waals surface area contributed by atoms with Gasteiger partial charge in [-0.3, -0.25) is 0 Å². The lowest BCUT2D eigenvalue weighted by Gasteiger charge is -2.29. The van der Waals surface area contributed by atoms with Crippen LogP contribution in [-0.4, -0.2) is 30.0 Å². The fraction of sp³-hybridized carbons (Fsp3) is 0.308. The van der Waals surface area contributed by atoms with E-state index in [1.807, 2.05) is 0 Å². The largest absolute Gasteiger partial charge is 0.488 e. The Morgan fingerprint density at radius 3 is 2.39 bits per heavy atom. The number of rotatable bonds is 3. The lowest BCUT2D eigenvalue weighted by molar-refractivity contribution is -0.187. The highest BCUT2D eigenvalue weighted by Crippen LogP contribution is 2.52. The zero-order valence-electron chi connectivity index (χ0n) is 11.3. The van der Waals surface area contributed by atoms with Crippen LogP contribution in [0.25, 0.3) is 6.08 Å². The molecule has 2 rings (SSSR count). The Hall–Kier alpha value is -1.31. The Bertz CT molecular complexity index is 701. The van der Waals surface area contributed by atoms with Gasteiger partial charge in [0.2, 0.25) is 6.10 Å². The average molecular weight is 392 g/mol. The highest BCUT2D eigenvalue weighted by molar-refractivity contribution is 6.49. The summed E-state index contributed by atoms with van der Waals surface area (Å²) in [4.78, 5) is 11.1. The molecule has 0 fully saturated rings. The van der Waals surface area contributed by atoms with Gasteiger partial charge in [0, 0.05) is 5.56 Å². The number of carbonyl (C=O) groups is 1. The van der Waals surface area contributed by atoms with Crippen molar-refractivity contribution in [1.82, 2.24) is 0 Å². The number of hydrogen-bond donors (Lipinski definition) is 1. The van der Waals surface area contributed by atoms with Crippen LogP contribution in [0.4, 0.5) is 13.2 Å². The monoisotopic (exact) mass is 390 g/mol. The molecule has 126 valence electrons. The number of benzene rings is 1. The second kappa shape index (κ2) is 6.30. The van der Waals surface area contributed by atoms with Crippen LogP contribution in [0.2, 0.25) is 15.1 Å². The summed E-state index contributed by atoms with van der Waals surface area (Å²) >= 11 is 17.8. The molecule has 0 saturated heterocycles. The first-order valence-electron chi connectivity index (χ1n) is 6.11. The van der Waals surface area contributed by atoms with Gasteiger partial charge in [-0.05, 0) is 13.0 Å². The first-order valence-corrected chi connectivity index (χ1v) is 7.24. The maximum Gasteiger partial charge on any atom is 0.430 e. The molecule has 1 heterocycles. The molecule has 1 unspecified atom stereocenters. The molecule has 1 aliphatic heterocycles. The Kier molecular flexibility index (Phi) is 4.94. The molecule has 0 amide bonds. The summed E-state index contributed by atoms with van der Waals surface area (Å²) in [5, 5.41) is 8.38. The molecule has 10 heteroatoms. The van der Waals surface area contributed by atoms with Crippen molar-refractivity contribution in [3.05, 3.63) is 26.2 Å². The van der Waals surface area contributed by atoms with Crippen molar-refractivity contribution in [2.24, 2.45) is 0 Å². The van der Waals surface area contributed by atoms with Gasteiger partial charge >= 0.3 is 12.1 Å². The number of hydrogen-bond acceptors (Lipinski definition) is 3. The molecule has 0 bridgehead atoms. The van der Waals surface area contributed by atoms with Crippen molar-refractivity contribution in [3.8, 4) is 11.5 Å². The van der Waals surface area contributed by atoms with Gasteiger partial charge in [0.05, 0.1) is 22.2 Å². The number of fused-ring (bicyclic) bond motifs is 1. The molecule has 1 aromatic rings. The summed E-state index contributed by atoms with van der Waals surface area (Å²) in [5.41, 5.74) is -1.16. The molecule has 0 spiro atoms. The topological polar surface area (TPSA) is 55.8 Å². The van der Waals surface area contributed by atoms with Gasteiger partial charge in [-0.1, -0.05) is 34.8 Å². The summed E-state index contributed by atoms with van der Waals surface area (Å²) in [6.45, 7) is 1.65. The van der Waals surface area contributed by atoms with Crippen LogP contribution >= 0.6 is 34.8 Å². The van der Waals surface area contributed by atoms with E-state index in [-0.39, 0.29) is 33.0 Å². The third-order valence-electron chi connectivity index (χ3n) is 2.92. The lowest BCUT2D eigenvalue weighted by atomic mass is 10.0. The summed E-state index contributed by atoms with van der Waals surface area (Å²) in [7, 11) is 0. The molecule has 0 radical (unpaired) electrons. The maximum absolute atomic E-state index is 13.1. The van der Waals surface area contributed by atoms with Crippen molar-refractivity contribution in [1.29, 1.82) is 0 Å². The first kappa shape index (κ1) is 18.0. The number of halogens is 6. The van der Waals surface area contributed by atoms with E-state index in [9.17, 15) is 18.0 Å². The smallest absolute Gasteiger partial charge is 0.430 e. The number of carboxylic acids is 1. The van der Waals surface area contributed by atoms with Gasteiger partial charge in [0.15, 0.2) is 11.5 Å². The Morgan fingerprint density at radius 1 is 1.30 bits per heavy atom. The van der Waals surface area contributed by atoms with Gasteiger partial charge in [-0.2, -0.15) is 13.2 Å². The Labute approximate surface area is 143 Å². The Balaban J connectivity index is 2.77. The van der Waals surface area contributed by atoms with E-state index in [2.05, 4.69) is 0 Å². The van der Waals surface area contributed by atoms with E-state index in [0.29, 0.717) is 0 Å². The van der Waals surface area contributed by atoms with Crippen LogP contribution in [0.1, 0.15) is 12.5 Å². The zero-order valence-corrected chi connectivity index (χ0v) is 13.6. The predicted molar refractivity (Wildman–Crippen MR) is 78.7 cm³/mol. The number of aliphatic carboxylic acids is 1. The van der Waals surface area contributed by atoms with Crippen LogP contribution in [0.3, 0.4) is 0 Å². The van der Waals surface area contributed by atoms with Crippen LogP contribution in [0.15, 0.2) is 5.57 Å². The minimum atomic E-state index is -4.95. The molecule has 1 aliphatic rings. The third kappa shape index (κ3) is 3.18. The SMILES string of the molecule is CCOc1c(Cl)c(Cl)c(Cl)c2c1OC(C(F)(F)F)C(C(=O)O)=C2. The van der Waals surface area contributed by atoms with E-state index in [1.54, 1.807) is 6.92 Å². The van der Waals surface area contributed by atoms with Gasteiger partial charge in [-0.25, -0.2) is 4.79 Å². The molecule has 4 nitrogen and oxygen atoms in total. The fourth-order valence-electron chi connectivity index (χ4n) is 1.98. The number of carboxylic acid groups (broad SMARTS) is 1. The summed E-state index contributed by atoms with van der Waals surface area (Å²) in [5.74, 6) is -2.43. The van der Waals surface area contributed by atoms with Gasteiger partial charge in [-0.15, -0.1) is 0 Å². The second-order valence-corrected chi connectivity index (χ2v) is 5.53. The minimum Gasteiger partial charge on any atom is -0.488 e. The number of ether oxygens (including phenoxy) is 2. The summed E-state index contributed by atoms with van der Waals surface area (Å²) in [6, 6.07) is 0. The van der Waals surface area contributed by atoms with Crippen LogP contribution < -0.4 is 9.47 Å². The minimum absolute atomic E-state index is 0.0691. The molecule has 1 N–H and O–H groups in total. The van der Waals surface area contributed by atoms with Crippen molar-refractivity contribution in [2.45, 2.75) is 19.2 Å². The van der Waals surface area contributed by atoms with Gasteiger partial charge in [0.1, 0.15) is 5.02 Å². The van der Waals surface area contributed by atoms with Gasteiger partial charge in [0.25, 0.3) is 0 Å². The predicted octanol–water partition coefficient (Wildman–Crippen LogP) is 4.84. The van der Waals surface area contributed by atoms with Crippen LogP contribution in [-0.2, 0) is 4.79 Å². The normalized spacial score (nSPS) is 17.2. The fourth-order valence-corrected chi connectivity index (χ4v) is 2.69. The van der Waals surface area contributed by atoms with Crippen molar-refractivity contribution in [2.75, 3.05) is 6.61 Å². The van der Waals surface area contributed by atoms with E-state index in [4.69, 9.17) is 49.4 Å². The standard InChI is InChI=1S/C13H8Cl3F3O4/c1-2-22-10-8(16)7(15)6(14)4-3-5(12(20)21)11(13(17,18)19)23-9(4)10/h3,11H,2H2,1H3,(H,20,21). The maximum atomic E-state index is 13.1. The third-order valence-corrected chi connectivity index (χ3v) is 4.25. The van der Waals surface area contributed by atoms with E-state index >= 15 is 0 Å². The molecule has 0 saturated carbocycles. The number of alkyl halides is 3. The molecule has 0 aliphatic carbocycles. The van der Waals surface area contributed by atoms with Crippen LogP contribution in [0.5, 0.6) is 11.5 Å². The van der Waals surface area contributed by atoms with E-state index in [1.165, 1.54) is 0 Å². The molecule has 23 heavy (non-hydrogen) atoms. The molecule has 0 aromatic heterocycles. The van der Waals surface area contributed by atoms with Crippen molar-refractivity contribution < 1.29 is 32.5 Å². The van der Waals surface area contributed by atoms with E-state index in [0.717, 1.165) is 6.08 Å². The molecule has 1 atom stereocenters. The van der Waals surface area contributed by atoms with E-state index < -0.39 is 29.6 Å². The lowest BCUT2D eigenvalue weighted by Crippen LogP contribution is -2.40.